The summed E-state index contributed by atoms with van der Waals surface area (Å²) in [5, 5.41) is 0.924. The van der Waals surface area contributed by atoms with Crippen molar-refractivity contribution in [1.82, 2.24) is 14.9 Å². The average molecular weight is 416 g/mol. The number of fused-ring (bicyclic) bond motifs is 3. The lowest BCUT2D eigenvalue weighted by Gasteiger charge is -2.18. The van der Waals surface area contributed by atoms with Crippen molar-refractivity contribution in [2.75, 3.05) is 26.0 Å². The Morgan fingerprint density at radius 2 is 2.03 bits per heavy atom. The molecule has 31 heavy (non-hydrogen) atoms. The highest BCUT2D eigenvalue weighted by Gasteiger charge is 2.21. The number of anilines is 1. The number of nitrogens with two attached hydrogens (primary N) is 1. The highest BCUT2D eigenvalue weighted by Crippen LogP contribution is 2.31. The Morgan fingerprint density at radius 1 is 1.16 bits per heavy atom. The first-order chi connectivity index (χ1) is 15.1. The molecule has 0 saturated carbocycles. The Labute approximate surface area is 180 Å². The summed E-state index contributed by atoms with van der Waals surface area (Å²) in [7, 11) is 1.79. The summed E-state index contributed by atoms with van der Waals surface area (Å²) in [6, 6.07) is 9.58. The van der Waals surface area contributed by atoms with Gasteiger partial charge in [-0.3, -0.25) is 9.78 Å². The predicted octanol–water partition coefficient (Wildman–Crippen LogP) is 3.32. The van der Waals surface area contributed by atoms with E-state index in [0.717, 1.165) is 46.3 Å². The van der Waals surface area contributed by atoms with E-state index in [0.29, 0.717) is 37.7 Å². The van der Waals surface area contributed by atoms with E-state index in [1.165, 1.54) is 5.57 Å². The molecule has 7 heteroatoms. The summed E-state index contributed by atoms with van der Waals surface area (Å²) in [5.41, 5.74) is 12.6. The number of pyridine rings is 2. The van der Waals surface area contributed by atoms with Gasteiger partial charge < -0.3 is 20.1 Å². The third-order valence-electron chi connectivity index (χ3n) is 5.88. The third kappa shape index (κ3) is 3.78. The molecule has 2 aliphatic heterocycles. The Bertz CT molecular complexity index is 1190. The van der Waals surface area contributed by atoms with Crippen LogP contribution in [0.5, 0.6) is 0 Å². The first-order valence-electron chi connectivity index (χ1n) is 10.4. The fraction of sp³-hybridized carbons (Fsp3) is 0.292. The van der Waals surface area contributed by atoms with Gasteiger partial charge >= 0.3 is 0 Å². The largest absolute Gasteiger partial charge is 0.383 e. The zero-order chi connectivity index (χ0) is 21.4. The number of rotatable bonds is 4. The maximum atomic E-state index is 13.1. The first-order valence-corrected chi connectivity index (χ1v) is 10.4. The van der Waals surface area contributed by atoms with Gasteiger partial charge in [0.1, 0.15) is 5.82 Å². The molecule has 0 atom stereocenters. The number of benzene rings is 1. The van der Waals surface area contributed by atoms with Crippen LogP contribution in [0.2, 0.25) is 0 Å². The first kappa shape index (κ1) is 19.7. The van der Waals surface area contributed by atoms with E-state index < -0.39 is 0 Å². The van der Waals surface area contributed by atoms with Crippen LogP contribution in [-0.2, 0) is 29.2 Å². The van der Waals surface area contributed by atoms with E-state index in [1.807, 2.05) is 24.4 Å². The number of carbonyl (C=O) groups is 1. The fourth-order valence-corrected chi connectivity index (χ4v) is 4.14. The minimum atomic E-state index is -0.0654. The molecule has 0 fully saturated rings. The van der Waals surface area contributed by atoms with Gasteiger partial charge in [-0.05, 0) is 47.4 Å². The van der Waals surface area contributed by atoms with E-state index in [1.54, 1.807) is 18.0 Å². The van der Waals surface area contributed by atoms with Crippen LogP contribution < -0.4 is 5.73 Å². The smallest absolute Gasteiger partial charge is 0.253 e. The Kier molecular flexibility index (Phi) is 5.13. The van der Waals surface area contributed by atoms with E-state index in [-0.39, 0.29) is 5.91 Å². The second kappa shape index (κ2) is 8.09. The monoisotopic (exact) mass is 416 g/mol. The number of ether oxygens (including phenoxy) is 2. The fourth-order valence-electron chi connectivity index (χ4n) is 4.14. The summed E-state index contributed by atoms with van der Waals surface area (Å²) < 4.78 is 10.9. The maximum Gasteiger partial charge on any atom is 0.253 e. The molecular weight excluding hydrogens is 392 g/mol. The second-order valence-electron chi connectivity index (χ2n) is 7.93. The lowest BCUT2D eigenvalue weighted by Crippen LogP contribution is -2.26. The van der Waals surface area contributed by atoms with Crippen LogP contribution in [0.25, 0.3) is 16.5 Å². The van der Waals surface area contributed by atoms with Crippen LogP contribution in [0, 0.1) is 0 Å². The number of nitrogen functional groups attached to an aromatic ring is 1. The van der Waals surface area contributed by atoms with Crippen molar-refractivity contribution in [2.45, 2.75) is 26.2 Å². The molecule has 2 N–H and O–H groups in total. The van der Waals surface area contributed by atoms with Crippen molar-refractivity contribution < 1.29 is 14.3 Å². The van der Waals surface area contributed by atoms with Crippen molar-refractivity contribution >= 4 is 28.2 Å². The zero-order valence-electron chi connectivity index (χ0n) is 17.4. The van der Waals surface area contributed by atoms with Crippen molar-refractivity contribution in [2.24, 2.45) is 0 Å². The second-order valence-corrected chi connectivity index (χ2v) is 7.93. The van der Waals surface area contributed by atoms with Crippen LogP contribution in [0.15, 0.2) is 42.6 Å². The van der Waals surface area contributed by atoms with Gasteiger partial charge in [-0.15, -0.1) is 0 Å². The molecule has 2 aromatic heterocycles. The SMILES string of the molecule is CN(Cc1ccc(C2=CCOCC2)cn1)C(=O)c1ccc2nc(N)c3c(c2c1)COC3. The summed E-state index contributed by atoms with van der Waals surface area (Å²) >= 11 is 0. The molecule has 2 aliphatic rings. The minimum Gasteiger partial charge on any atom is -0.383 e. The van der Waals surface area contributed by atoms with Crippen LogP contribution in [0.1, 0.15) is 39.2 Å². The van der Waals surface area contributed by atoms with Gasteiger partial charge in [-0.1, -0.05) is 12.1 Å². The Hall–Kier alpha value is -3.29. The normalized spacial score (nSPS) is 15.6. The molecule has 158 valence electrons. The molecule has 0 spiro atoms. The molecule has 0 radical (unpaired) electrons. The molecule has 0 bridgehead atoms. The van der Waals surface area contributed by atoms with Gasteiger partial charge in [0, 0.05) is 29.8 Å². The van der Waals surface area contributed by atoms with Gasteiger partial charge in [0.15, 0.2) is 0 Å². The molecule has 3 aromatic rings. The molecule has 1 aromatic carbocycles. The highest BCUT2D eigenvalue weighted by atomic mass is 16.5. The topological polar surface area (TPSA) is 90.6 Å². The quantitative estimate of drug-likeness (QED) is 0.702. The van der Waals surface area contributed by atoms with Gasteiger partial charge in [-0.25, -0.2) is 4.98 Å². The number of amides is 1. The number of carbonyl (C=O) groups excluding carboxylic acids is 1. The molecule has 1 amide bonds. The molecule has 0 aliphatic carbocycles. The summed E-state index contributed by atoms with van der Waals surface area (Å²) in [4.78, 5) is 23.8. The van der Waals surface area contributed by atoms with E-state index in [4.69, 9.17) is 15.2 Å². The molecule has 4 heterocycles. The Balaban J connectivity index is 1.34. The summed E-state index contributed by atoms with van der Waals surface area (Å²) in [5.74, 6) is 0.437. The van der Waals surface area contributed by atoms with E-state index in [2.05, 4.69) is 22.1 Å². The van der Waals surface area contributed by atoms with Gasteiger partial charge in [0.05, 0.1) is 44.2 Å². The van der Waals surface area contributed by atoms with Crippen LogP contribution in [0.3, 0.4) is 0 Å². The lowest BCUT2D eigenvalue weighted by atomic mass is 10.0. The average Bonchev–Trinajstić information content (AvgIpc) is 3.31. The predicted molar refractivity (Wildman–Crippen MR) is 118 cm³/mol. The lowest BCUT2D eigenvalue weighted by molar-refractivity contribution is 0.0783. The zero-order valence-corrected chi connectivity index (χ0v) is 17.4. The molecule has 0 unspecified atom stereocenters. The number of aromatic nitrogens is 2. The summed E-state index contributed by atoms with van der Waals surface area (Å²) in [6.45, 7) is 2.78. The molecular formula is C24H24N4O3. The van der Waals surface area contributed by atoms with Crippen molar-refractivity contribution in [3.8, 4) is 0 Å². The Morgan fingerprint density at radius 3 is 2.81 bits per heavy atom. The molecule has 7 nitrogen and oxygen atoms in total. The van der Waals surface area contributed by atoms with Crippen LogP contribution >= 0.6 is 0 Å². The maximum absolute atomic E-state index is 13.1. The van der Waals surface area contributed by atoms with Gasteiger partial charge in [-0.2, -0.15) is 0 Å². The van der Waals surface area contributed by atoms with E-state index in [9.17, 15) is 4.79 Å². The van der Waals surface area contributed by atoms with E-state index >= 15 is 0 Å². The summed E-state index contributed by atoms with van der Waals surface area (Å²) in [6.07, 6.45) is 4.87. The van der Waals surface area contributed by atoms with Gasteiger partial charge in [0.2, 0.25) is 0 Å². The van der Waals surface area contributed by atoms with Crippen molar-refractivity contribution in [1.29, 1.82) is 0 Å². The van der Waals surface area contributed by atoms with Crippen molar-refractivity contribution in [3.05, 3.63) is 70.6 Å². The molecule has 5 rings (SSSR count). The minimum absolute atomic E-state index is 0.0654. The number of hydrogen-bond acceptors (Lipinski definition) is 6. The van der Waals surface area contributed by atoms with Crippen LogP contribution in [0.4, 0.5) is 5.82 Å². The van der Waals surface area contributed by atoms with Crippen LogP contribution in [-0.4, -0.2) is 41.0 Å². The third-order valence-corrected chi connectivity index (χ3v) is 5.88. The standard InChI is InChI=1S/C24H24N4O3/c1-28(12-18-4-2-17(11-26-18)15-6-8-30-9-7-15)24(29)16-3-5-22-19(10-16)20-13-31-14-21(20)23(25)27-22/h2-6,10-11H,7-9,12-14H2,1H3,(H2,25,27). The highest BCUT2D eigenvalue weighted by molar-refractivity contribution is 5.99. The molecule has 0 saturated heterocycles. The van der Waals surface area contributed by atoms with Crippen molar-refractivity contribution in [3.63, 3.8) is 0 Å². The van der Waals surface area contributed by atoms with Gasteiger partial charge in [0.25, 0.3) is 5.91 Å². The number of nitrogens with zero attached hydrogens (tertiary/aromatic N) is 3. The number of hydrogen-bond donors (Lipinski definition) is 1.